The molecule has 1 aliphatic rings. The zero-order chi connectivity index (χ0) is 23.1. The Balaban J connectivity index is 1.53. The predicted octanol–water partition coefficient (Wildman–Crippen LogP) is 4.97. The highest BCUT2D eigenvalue weighted by Crippen LogP contribution is 2.44. The monoisotopic (exact) mass is 446 g/mol. The van der Waals surface area contributed by atoms with Crippen molar-refractivity contribution in [2.24, 2.45) is 0 Å². The van der Waals surface area contributed by atoms with Gasteiger partial charge < -0.3 is 14.7 Å². The van der Waals surface area contributed by atoms with E-state index in [1.165, 1.54) is 31.4 Å². The number of phenols is 1. The number of rotatable bonds is 5. The summed E-state index contributed by atoms with van der Waals surface area (Å²) in [6.07, 6.45) is 2.16. The Morgan fingerprint density at radius 2 is 1.64 bits per heavy atom. The molecule has 0 atom stereocenters. The fourth-order valence-electron chi connectivity index (χ4n) is 4.31. The molecule has 0 spiro atoms. The third kappa shape index (κ3) is 3.75. The fraction of sp³-hybridized carbons (Fsp3) is 0.154. The highest BCUT2D eigenvalue weighted by molar-refractivity contribution is 6.08. The minimum absolute atomic E-state index is 0.180. The number of amides is 1. The summed E-state index contributed by atoms with van der Waals surface area (Å²) < 4.78 is 32.1. The number of methoxy groups -OCH3 is 1. The lowest BCUT2D eigenvalue weighted by Gasteiger charge is -2.15. The first-order valence-electron chi connectivity index (χ1n) is 10.4. The van der Waals surface area contributed by atoms with Crippen LogP contribution in [0.15, 0.2) is 60.8 Å². The summed E-state index contributed by atoms with van der Waals surface area (Å²) in [6, 6.07) is 14.1. The Morgan fingerprint density at radius 3 is 2.27 bits per heavy atom. The Bertz CT molecular complexity index is 1370. The van der Waals surface area contributed by atoms with Crippen LogP contribution in [0.25, 0.3) is 10.9 Å². The number of aromatic nitrogens is 1. The van der Waals surface area contributed by atoms with E-state index in [1.54, 1.807) is 35.4 Å². The highest BCUT2D eigenvalue weighted by Gasteiger charge is 2.35. The molecule has 1 amide bonds. The SMILES string of the molecule is COc1c2c(c(O)c3ncc(Cc4ccc(F)cc4)cc13)C(=O)N(Cc1ccc(F)cc1)C2. The quantitative estimate of drug-likeness (QED) is 0.470. The van der Waals surface area contributed by atoms with Crippen LogP contribution >= 0.6 is 0 Å². The molecule has 0 unspecified atom stereocenters. The number of hydrogen-bond acceptors (Lipinski definition) is 4. The van der Waals surface area contributed by atoms with Crippen molar-refractivity contribution in [1.82, 2.24) is 9.88 Å². The largest absolute Gasteiger partial charge is 0.505 e. The maximum absolute atomic E-state index is 13.2. The van der Waals surface area contributed by atoms with Crippen LogP contribution in [-0.2, 0) is 19.5 Å². The molecule has 0 fully saturated rings. The molecule has 0 bridgehead atoms. The molecule has 33 heavy (non-hydrogen) atoms. The van der Waals surface area contributed by atoms with Crippen LogP contribution in [-0.4, -0.2) is 28.0 Å². The number of benzene rings is 3. The summed E-state index contributed by atoms with van der Waals surface area (Å²) in [4.78, 5) is 19.1. The van der Waals surface area contributed by atoms with Gasteiger partial charge in [0, 0.05) is 23.7 Å². The molecule has 5 rings (SSSR count). The Morgan fingerprint density at radius 1 is 1.00 bits per heavy atom. The van der Waals surface area contributed by atoms with Gasteiger partial charge in [0.15, 0.2) is 5.75 Å². The number of nitrogens with zero attached hydrogens (tertiary/aromatic N) is 2. The highest BCUT2D eigenvalue weighted by atomic mass is 19.1. The number of halogens is 2. The number of carbonyl (C=O) groups is 1. The second-order valence-corrected chi connectivity index (χ2v) is 8.07. The van der Waals surface area contributed by atoms with E-state index in [9.17, 15) is 18.7 Å². The molecular weight excluding hydrogens is 426 g/mol. The maximum Gasteiger partial charge on any atom is 0.258 e. The first-order valence-corrected chi connectivity index (χ1v) is 10.4. The number of aromatic hydroxyl groups is 1. The van der Waals surface area contributed by atoms with Gasteiger partial charge in [0.1, 0.15) is 22.9 Å². The van der Waals surface area contributed by atoms with E-state index in [4.69, 9.17) is 4.74 Å². The van der Waals surface area contributed by atoms with E-state index in [2.05, 4.69) is 4.98 Å². The normalized spacial score (nSPS) is 12.9. The van der Waals surface area contributed by atoms with Crippen molar-refractivity contribution in [2.45, 2.75) is 19.5 Å². The predicted molar refractivity (Wildman–Crippen MR) is 119 cm³/mol. The Hall–Kier alpha value is -4.00. The molecule has 0 aliphatic carbocycles. The number of pyridine rings is 1. The van der Waals surface area contributed by atoms with Gasteiger partial charge in [0.25, 0.3) is 5.91 Å². The zero-order valence-corrected chi connectivity index (χ0v) is 17.8. The Kier molecular flexibility index (Phi) is 5.17. The molecule has 4 aromatic rings. The van der Waals surface area contributed by atoms with Crippen LogP contribution in [0.2, 0.25) is 0 Å². The molecule has 0 radical (unpaired) electrons. The summed E-state index contributed by atoms with van der Waals surface area (Å²) in [6.45, 7) is 0.524. The van der Waals surface area contributed by atoms with Crippen molar-refractivity contribution < 1.29 is 23.4 Å². The van der Waals surface area contributed by atoms with Gasteiger partial charge in [-0.25, -0.2) is 8.78 Å². The van der Waals surface area contributed by atoms with Crippen LogP contribution in [0.1, 0.15) is 32.6 Å². The average Bonchev–Trinajstić information content (AvgIpc) is 3.13. The summed E-state index contributed by atoms with van der Waals surface area (Å²) in [5, 5.41) is 11.5. The molecule has 1 N–H and O–H groups in total. The molecular formula is C26H20F2N2O3. The van der Waals surface area contributed by atoms with E-state index < -0.39 is 0 Å². The first-order chi connectivity index (χ1) is 15.9. The van der Waals surface area contributed by atoms with Crippen LogP contribution in [0.4, 0.5) is 8.78 Å². The van der Waals surface area contributed by atoms with E-state index in [-0.39, 0.29) is 47.5 Å². The van der Waals surface area contributed by atoms with Gasteiger partial charge >= 0.3 is 0 Å². The molecule has 7 heteroatoms. The van der Waals surface area contributed by atoms with Gasteiger partial charge in [-0.3, -0.25) is 9.78 Å². The van der Waals surface area contributed by atoms with Gasteiger partial charge in [-0.15, -0.1) is 0 Å². The smallest absolute Gasteiger partial charge is 0.258 e. The summed E-state index contributed by atoms with van der Waals surface area (Å²) >= 11 is 0. The average molecular weight is 446 g/mol. The molecule has 3 aromatic carbocycles. The van der Waals surface area contributed by atoms with Crippen LogP contribution in [0.3, 0.4) is 0 Å². The molecule has 5 nitrogen and oxygen atoms in total. The van der Waals surface area contributed by atoms with Crippen molar-refractivity contribution in [3.8, 4) is 11.5 Å². The topological polar surface area (TPSA) is 62.7 Å². The van der Waals surface area contributed by atoms with Gasteiger partial charge in [-0.1, -0.05) is 24.3 Å². The second-order valence-electron chi connectivity index (χ2n) is 8.07. The minimum atomic E-state index is -0.345. The zero-order valence-electron chi connectivity index (χ0n) is 17.8. The van der Waals surface area contributed by atoms with Gasteiger partial charge in [-0.05, 0) is 53.4 Å². The molecule has 0 saturated heterocycles. The molecule has 1 aromatic heterocycles. The molecule has 166 valence electrons. The molecule has 0 saturated carbocycles. The van der Waals surface area contributed by atoms with Crippen LogP contribution < -0.4 is 4.74 Å². The van der Waals surface area contributed by atoms with E-state index >= 15 is 0 Å². The van der Waals surface area contributed by atoms with Crippen molar-refractivity contribution in [3.05, 3.63) is 100 Å². The fourth-order valence-corrected chi connectivity index (χ4v) is 4.31. The number of phenolic OH excluding ortho intramolecular Hbond substituents is 1. The third-order valence-corrected chi connectivity index (χ3v) is 5.89. The van der Waals surface area contributed by atoms with Crippen molar-refractivity contribution in [3.63, 3.8) is 0 Å². The molecule has 1 aliphatic heterocycles. The van der Waals surface area contributed by atoms with Crippen LogP contribution in [0, 0.1) is 11.6 Å². The van der Waals surface area contributed by atoms with E-state index in [0.29, 0.717) is 23.1 Å². The lowest BCUT2D eigenvalue weighted by atomic mass is 9.99. The lowest BCUT2D eigenvalue weighted by Crippen LogP contribution is -2.23. The van der Waals surface area contributed by atoms with Gasteiger partial charge in [0.2, 0.25) is 0 Å². The third-order valence-electron chi connectivity index (χ3n) is 5.89. The number of hydrogen-bond donors (Lipinski definition) is 1. The minimum Gasteiger partial charge on any atom is -0.505 e. The summed E-state index contributed by atoms with van der Waals surface area (Å²) in [5.74, 6) is -0.665. The standard InChI is InChI=1S/C26H20F2N2O3/c1-33-25-20-11-17(10-15-2-6-18(27)7-3-15)12-29-23(20)24(31)22-21(25)14-30(26(22)32)13-16-4-8-19(28)9-5-16/h2-9,11-12,31H,10,13-14H2,1H3. The number of carbonyl (C=O) groups excluding carboxylic acids is 1. The van der Waals surface area contributed by atoms with Gasteiger partial charge in [0.05, 0.1) is 19.2 Å². The van der Waals surface area contributed by atoms with E-state index in [1.807, 2.05) is 6.07 Å². The first kappa shape index (κ1) is 20.9. The summed E-state index contributed by atoms with van der Waals surface area (Å²) in [7, 11) is 1.52. The number of ether oxygens (including phenoxy) is 1. The molecule has 2 heterocycles. The summed E-state index contributed by atoms with van der Waals surface area (Å²) in [5.41, 5.74) is 3.61. The van der Waals surface area contributed by atoms with E-state index in [0.717, 1.165) is 16.7 Å². The second kappa shape index (κ2) is 8.16. The van der Waals surface area contributed by atoms with Crippen LogP contribution in [0.5, 0.6) is 11.5 Å². The Labute approximate surface area is 188 Å². The lowest BCUT2D eigenvalue weighted by molar-refractivity contribution is 0.0764. The maximum atomic E-state index is 13.2. The van der Waals surface area contributed by atoms with Crippen molar-refractivity contribution in [2.75, 3.05) is 7.11 Å². The van der Waals surface area contributed by atoms with Gasteiger partial charge in [-0.2, -0.15) is 0 Å². The van der Waals surface area contributed by atoms with Crippen molar-refractivity contribution >= 4 is 16.8 Å². The number of fused-ring (bicyclic) bond motifs is 2. The van der Waals surface area contributed by atoms with Crippen molar-refractivity contribution in [1.29, 1.82) is 0 Å².